The van der Waals surface area contributed by atoms with Gasteiger partial charge in [0.25, 0.3) is 6.43 Å². The summed E-state index contributed by atoms with van der Waals surface area (Å²) >= 11 is 7.25. The molecule has 3 aromatic heterocycles. The molecule has 2 N–H and O–H groups in total. The number of hydrogen-bond donors (Lipinski definition) is 2. The number of imidazole rings is 1. The van der Waals surface area contributed by atoms with Crippen molar-refractivity contribution in [2.45, 2.75) is 54.9 Å². The van der Waals surface area contributed by atoms with Gasteiger partial charge in [0.15, 0.2) is 21.0 Å². The number of likely N-dealkylation sites (tertiary alicyclic amines) is 1. The van der Waals surface area contributed by atoms with Gasteiger partial charge < -0.3 is 4.90 Å². The van der Waals surface area contributed by atoms with E-state index >= 15 is 0 Å². The van der Waals surface area contributed by atoms with Crippen LogP contribution in [0.25, 0.3) is 27.5 Å². The predicted octanol–water partition coefficient (Wildman–Crippen LogP) is 5.36. The zero-order valence-corrected chi connectivity index (χ0v) is 25.9. The fraction of sp³-hybridized carbons (Fsp3) is 0.423. The first-order valence-corrected chi connectivity index (χ1v) is 17.6. The van der Waals surface area contributed by atoms with Crippen molar-refractivity contribution in [3.63, 3.8) is 0 Å². The average molecular weight is 656 g/mol. The molecular weight excluding hydrogens is 628 g/mol. The molecule has 1 aromatic carbocycles. The summed E-state index contributed by atoms with van der Waals surface area (Å²) < 4.78 is 79.6. The fourth-order valence-electron chi connectivity index (χ4n) is 4.86. The molecule has 2 aliphatic rings. The maximum Gasteiger partial charge on any atom is 0.291 e. The summed E-state index contributed by atoms with van der Waals surface area (Å²) in [5, 5.41) is 6.97. The van der Waals surface area contributed by atoms with Gasteiger partial charge in [0, 0.05) is 34.5 Å². The lowest BCUT2D eigenvalue weighted by molar-refractivity contribution is 0.150. The molecule has 1 aliphatic carbocycles. The molecule has 2 fully saturated rings. The van der Waals surface area contributed by atoms with E-state index in [9.17, 15) is 21.4 Å². The number of sulfonamides is 1. The number of nitrogens with one attached hydrogen (secondary N) is 2. The molecule has 1 saturated carbocycles. The van der Waals surface area contributed by atoms with E-state index in [2.05, 4.69) is 24.8 Å². The number of pyridine rings is 1. The molecule has 1 atom stereocenters. The van der Waals surface area contributed by atoms with E-state index in [0.29, 0.717) is 57.8 Å². The number of aryl methyl sites for hydroxylation is 1. The van der Waals surface area contributed by atoms with E-state index in [-0.39, 0.29) is 26.6 Å². The maximum absolute atomic E-state index is 13.5. The van der Waals surface area contributed by atoms with Crippen LogP contribution in [0.3, 0.4) is 0 Å². The number of nitrogens with zero attached hydrogens (tertiary/aromatic N) is 5. The van der Waals surface area contributed by atoms with Crippen LogP contribution >= 0.6 is 22.9 Å². The molecule has 0 radical (unpaired) electrons. The molecule has 42 heavy (non-hydrogen) atoms. The summed E-state index contributed by atoms with van der Waals surface area (Å²) in [5.74, 6) is 0.291. The van der Waals surface area contributed by atoms with Crippen LogP contribution in [0.5, 0.6) is 0 Å². The standard InChI is InChI=1S/C26H28ClF2N7O3S3/c1-15-12-16(41(30,37)11-10-35-8-3-9-35)4-5-18(15)19-13-17(42(38,39)34-26(2)6-7-26)14-36-20(19)21(27)31-23(36)25-33-32-24(40-25)22(28)29/h4-5,12-14,22,30,34H,3,6-11H2,1-2H3. The number of hydrogen-bond acceptors (Lipinski definition) is 9. The Labute approximate surface area is 251 Å². The quantitative estimate of drug-likeness (QED) is 0.235. The average Bonchev–Trinajstić information content (AvgIpc) is 3.27. The lowest BCUT2D eigenvalue weighted by atomic mass is 10.0. The third-order valence-corrected chi connectivity index (χ3v) is 12.3. The van der Waals surface area contributed by atoms with Crippen LogP contribution < -0.4 is 4.72 Å². The Balaban J connectivity index is 1.49. The lowest BCUT2D eigenvalue weighted by Gasteiger charge is -2.30. The third kappa shape index (κ3) is 5.57. The van der Waals surface area contributed by atoms with Gasteiger partial charge in [-0.3, -0.25) is 4.40 Å². The summed E-state index contributed by atoms with van der Waals surface area (Å²) in [5.41, 5.74) is 1.47. The van der Waals surface area contributed by atoms with Crippen molar-refractivity contribution >= 4 is 48.2 Å². The molecule has 10 nitrogen and oxygen atoms in total. The molecule has 1 aliphatic heterocycles. The number of aromatic nitrogens is 4. The number of alkyl halides is 2. The molecule has 0 bridgehead atoms. The molecule has 224 valence electrons. The van der Waals surface area contributed by atoms with Crippen molar-refractivity contribution in [1.82, 2.24) is 29.2 Å². The summed E-state index contributed by atoms with van der Waals surface area (Å²) in [4.78, 5) is 6.84. The first kappa shape index (κ1) is 29.5. The minimum atomic E-state index is -4.01. The van der Waals surface area contributed by atoms with Crippen molar-refractivity contribution < 1.29 is 21.4 Å². The van der Waals surface area contributed by atoms with Crippen LogP contribution in [0.15, 0.2) is 40.3 Å². The highest BCUT2D eigenvalue weighted by Crippen LogP contribution is 2.40. The van der Waals surface area contributed by atoms with E-state index in [1.165, 1.54) is 16.7 Å². The van der Waals surface area contributed by atoms with Crippen LogP contribution in [0.1, 0.15) is 43.2 Å². The van der Waals surface area contributed by atoms with E-state index in [1.807, 2.05) is 6.92 Å². The summed E-state index contributed by atoms with van der Waals surface area (Å²) in [6.45, 7) is 6.09. The molecule has 16 heteroatoms. The summed E-state index contributed by atoms with van der Waals surface area (Å²) in [7, 11) is -7.06. The van der Waals surface area contributed by atoms with Crippen molar-refractivity contribution in [3.8, 4) is 22.0 Å². The molecular formula is C26H28ClF2N7O3S3. The predicted molar refractivity (Wildman–Crippen MR) is 157 cm³/mol. The van der Waals surface area contributed by atoms with Gasteiger partial charge >= 0.3 is 0 Å². The minimum Gasteiger partial charge on any atom is -0.302 e. The first-order chi connectivity index (χ1) is 19.8. The molecule has 6 rings (SSSR count). The highest BCUT2D eigenvalue weighted by atomic mass is 35.5. The Morgan fingerprint density at radius 3 is 2.48 bits per heavy atom. The molecule has 1 saturated heterocycles. The van der Waals surface area contributed by atoms with E-state index < -0.39 is 36.7 Å². The summed E-state index contributed by atoms with van der Waals surface area (Å²) in [6.07, 6.45) is 1.04. The van der Waals surface area contributed by atoms with Crippen molar-refractivity contribution in [2.24, 2.45) is 0 Å². The Kier molecular flexibility index (Phi) is 7.42. The zero-order chi connectivity index (χ0) is 30.0. The van der Waals surface area contributed by atoms with E-state index in [0.717, 1.165) is 19.5 Å². The zero-order valence-electron chi connectivity index (χ0n) is 22.7. The Morgan fingerprint density at radius 1 is 1.14 bits per heavy atom. The number of fused-ring (bicyclic) bond motifs is 1. The molecule has 0 amide bonds. The normalized spacial score (nSPS) is 18.3. The molecule has 0 spiro atoms. The van der Waals surface area contributed by atoms with Gasteiger partial charge in [0.1, 0.15) is 0 Å². The SMILES string of the molecule is Cc1cc(S(=N)(=O)CCN2CCC2)ccc1-c1cc(S(=O)(=O)NC2(C)CC2)cn2c(-c3nnc(C(F)F)s3)nc(Cl)c12. The Hall–Kier alpha value is -2.56. The first-order valence-electron chi connectivity index (χ1n) is 13.2. The van der Waals surface area contributed by atoms with Gasteiger partial charge in [0.2, 0.25) is 10.0 Å². The van der Waals surface area contributed by atoms with Gasteiger partial charge in [-0.2, -0.15) is 0 Å². The number of halogens is 3. The minimum absolute atomic E-state index is 0.0159. The molecule has 1 unspecified atom stereocenters. The molecule has 4 aromatic rings. The van der Waals surface area contributed by atoms with Crippen LogP contribution in [0.2, 0.25) is 5.15 Å². The second-order valence-corrected chi connectivity index (χ2v) is 16.3. The second kappa shape index (κ2) is 10.6. The van der Waals surface area contributed by atoms with Gasteiger partial charge in [-0.25, -0.2) is 35.9 Å². The number of rotatable bonds is 10. The highest BCUT2D eigenvalue weighted by Gasteiger charge is 2.41. The third-order valence-electron chi connectivity index (χ3n) is 7.69. The lowest BCUT2D eigenvalue weighted by Crippen LogP contribution is -2.40. The van der Waals surface area contributed by atoms with E-state index in [4.69, 9.17) is 16.4 Å². The monoisotopic (exact) mass is 655 g/mol. The second-order valence-electron chi connectivity index (χ2n) is 11.0. The van der Waals surface area contributed by atoms with Gasteiger partial charge in [-0.15, -0.1) is 10.2 Å². The van der Waals surface area contributed by atoms with Crippen molar-refractivity contribution in [2.75, 3.05) is 25.4 Å². The largest absolute Gasteiger partial charge is 0.302 e. The Morgan fingerprint density at radius 2 is 1.88 bits per heavy atom. The van der Waals surface area contributed by atoms with Gasteiger partial charge in [-0.05, 0) is 75.5 Å². The van der Waals surface area contributed by atoms with Crippen LogP contribution in [-0.2, 0) is 19.8 Å². The van der Waals surface area contributed by atoms with Crippen LogP contribution in [0, 0.1) is 11.7 Å². The summed E-state index contributed by atoms with van der Waals surface area (Å²) in [6, 6.07) is 6.51. The highest BCUT2D eigenvalue weighted by molar-refractivity contribution is 7.92. The maximum atomic E-state index is 13.5. The van der Waals surface area contributed by atoms with Crippen LogP contribution in [0.4, 0.5) is 8.78 Å². The van der Waals surface area contributed by atoms with Crippen LogP contribution in [-0.4, -0.2) is 68.0 Å². The van der Waals surface area contributed by atoms with E-state index in [1.54, 1.807) is 25.1 Å². The van der Waals surface area contributed by atoms with Gasteiger partial charge in [-0.1, -0.05) is 29.0 Å². The number of benzene rings is 1. The fourth-order valence-corrected chi connectivity index (χ4v) is 8.71. The topological polar surface area (TPSA) is 133 Å². The van der Waals surface area contributed by atoms with Gasteiger partial charge in [0.05, 0.1) is 20.1 Å². The molecule has 4 heterocycles. The Bertz CT molecular complexity index is 1920. The van der Waals surface area contributed by atoms with Crippen molar-refractivity contribution in [3.05, 3.63) is 46.2 Å². The van der Waals surface area contributed by atoms with Crippen molar-refractivity contribution in [1.29, 1.82) is 4.78 Å². The smallest absolute Gasteiger partial charge is 0.291 e.